The lowest BCUT2D eigenvalue weighted by atomic mass is 10.2. The third-order valence-corrected chi connectivity index (χ3v) is 2.51. The molecule has 3 N–H and O–H groups in total. The standard InChI is InChI=1S/C10H18N2O3S/c1-3-5-8(9(13)14)12-10(15)11-6-4-7-16-2/h3,8H,1,4-7H2,2H3,(H,13,14)(H2,11,12,15). The highest BCUT2D eigenvalue weighted by molar-refractivity contribution is 7.98. The van der Waals surface area contributed by atoms with Crippen LogP contribution in [-0.2, 0) is 4.79 Å². The molecule has 0 aromatic rings. The molecule has 92 valence electrons. The Hall–Kier alpha value is -1.17. The second-order valence-corrected chi connectivity index (χ2v) is 4.15. The lowest BCUT2D eigenvalue weighted by molar-refractivity contribution is -0.139. The number of hydrogen-bond donors (Lipinski definition) is 3. The summed E-state index contributed by atoms with van der Waals surface area (Å²) >= 11 is 1.70. The normalized spacial score (nSPS) is 11.6. The molecule has 0 aromatic carbocycles. The van der Waals surface area contributed by atoms with E-state index in [1.807, 2.05) is 6.26 Å². The molecule has 0 saturated heterocycles. The van der Waals surface area contributed by atoms with E-state index in [1.54, 1.807) is 11.8 Å². The van der Waals surface area contributed by atoms with Crippen molar-refractivity contribution in [3.63, 3.8) is 0 Å². The van der Waals surface area contributed by atoms with Crippen LogP contribution in [0.25, 0.3) is 0 Å². The van der Waals surface area contributed by atoms with Gasteiger partial charge in [-0.05, 0) is 24.9 Å². The number of hydrogen-bond acceptors (Lipinski definition) is 3. The molecule has 0 heterocycles. The molecule has 0 saturated carbocycles. The predicted molar refractivity (Wildman–Crippen MR) is 65.8 cm³/mol. The van der Waals surface area contributed by atoms with Crippen LogP contribution < -0.4 is 10.6 Å². The van der Waals surface area contributed by atoms with E-state index in [9.17, 15) is 9.59 Å². The minimum Gasteiger partial charge on any atom is -0.480 e. The summed E-state index contributed by atoms with van der Waals surface area (Å²) in [5, 5.41) is 13.7. The first-order valence-corrected chi connectivity index (χ1v) is 6.38. The van der Waals surface area contributed by atoms with Crippen LogP contribution in [0.5, 0.6) is 0 Å². The average molecular weight is 246 g/mol. The number of carboxylic acid groups (broad SMARTS) is 1. The maximum Gasteiger partial charge on any atom is 0.326 e. The second kappa shape index (κ2) is 9.08. The van der Waals surface area contributed by atoms with Gasteiger partial charge in [0.15, 0.2) is 0 Å². The summed E-state index contributed by atoms with van der Waals surface area (Å²) in [7, 11) is 0. The zero-order valence-electron chi connectivity index (χ0n) is 9.36. The number of carbonyl (C=O) groups excluding carboxylic acids is 1. The fraction of sp³-hybridized carbons (Fsp3) is 0.600. The fourth-order valence-electron chi connectivity index (χ4n) is 1.02. The molecule has 1 atom stereocenters. The molecule has 5 nitrogen and oxygen atoms in total. The Morgan fingerprint density at radius 2 is 2.25 bits per heavy atom. The van der Waals surface area contributed by atoms with Gasteiger partial charge < -0.3 is 15.7 Å². The highest BCUT2D eigenvalue weighted by Crippen LogP contribution is 1.94. The SMILES string of the molecule is C=CCC(NC(=O)NCCCSC)C(=O)O. The van der Waals surface area contributed by atoms with Crippen LogP contribution in [0.2, 0.25) is 0 Å². The third-order valence-electron chi connectivity index (χ3n) is 1.82. The molecule has 1 unspecified atom stereocenters. The summed E-state index contributed by atoms with van der Waals surface area (Å²) in [6.07, 6.45) is 4.54. The van der Waals surface area contributed by atoms with Crippen molar-refractivity contribution in [3.8, 4) is 0 Å². The zero-order chi connectivity index (χ0) is 12.4. The molecular weight excluding hydrogens is 228 g/mol. The summed E-state index contributed by atoms with van der Waals surface area (Å²) in [5.74, 6) is -0.0888. The molecule has 0 aromatic heterocycles. The van der Waals surface area contributed by atoms with Crippen LogP contribution in [0.4, 0.5) is 4.79 Å². The smallest absolute Gasteiger partial charge is 0.326 e. The molecule has 0 aliphatic carbocycles. The summed E-state index contributed by atoms with van der Waals surface area (Å²) in [5.41, 5.74) is 0. The van der Waals surface area contributed by atoms with Crippen molar-refractivity contribution in [2.45, 2.75) is 18.9 Å². The van der Waals surface area contributed by atoms with Crippen molar-refractivity contribution in [3.05, 3.63) is 12.7 Å². The minimum atomic E-state index is -1.06. The predicted octanol–water partition coefficient (Wildman–Crippen LogP) is 1.07. The third kappa shape index (κ3) is 7.17. The van der Waals surface area contributed by atoms with E-state index in [4.69, 9.17) is 5.11 Å². The Bertz CT molecular complexity index is 246. The van der Waals surface area contributed by atoms with Crippen LogP contribution in [-0.4, -0.2) is 41.7 Å². The van der Waals surface area contributed by atoms with Crippen molar-refractivity contribution < 1.29 is 14.7 Å². The summed E-state index contributed by atoms with van der Waals surface area (Å²) in [4.78, 5) is 22.0. The van der Waals surface area contributed by atoms with E-state index < -0.39 is 18.0 Å². The first kappa shape index (κ1) is 14.8. The molecule has 16 heavy (non-hydrogen) atoms. The second-order valence-electron chi connectivity index (χ2n) is 3.16. The molecule has 0 spiro atoms. The maximum atomic E-state index is 11.3. The first-order chi connectivity index (χ1) is 7.61. The number of urea groups is 1. The molecule has 0 aliphatic rings. The molecule has 2 amide bonds. The summed E-state index contributed by atoms with van der Waals surface area (Å²) < 4.78 is 0. The van der Waals surface area contributed by atoms with Gasteiger partial charge >= 0.3 is 12.0 Å². The minimum absolute atomic E-state index is 0.216. The van der Waals surface area contributed by atoms with Gasteiger partial charge in [-0.25, -0.2) is 9.59 Å². The Balaban J connectivity index is 3.81. The highest BCUT2D eigenvalue weighted by atomic mass is 32.2. The molecule has 0 fully saturated rings. The van der Waals surface area contributed by atoms with Gasteiger partial charge in [0.25, 0.3) is 0 Å². The molecule has 0 rings (SSSR count). The van der Waals surface area contributed by atoms with E-state index in [0.717, 1.165) is 12.2 Å². The van der Waals surface area contributed by atoms with Gasteiger partial charge in [0.1, 0.15) is 6.04 Å². The van der Waals surface area contributed by atoms with Gasteiger partial charge in [-0.2, -0.15) is 11.8 Å². The van der Waals surface area contributed by atoms with Crippen LogP contribution in [0.3, 0.4) is 0 Å². The summed E-state index contributed by atoms with van der Waals surface area (Å²) in [6.45, 7) is 3.99. The molecule has 0 bridgehead atoms. The molecular formula is C10H18N2O3S. The van der Waals surface area contributed by atoms with Gasteiger partial charge in [-0.15, -0.1) is 6.58 Å². The van der Waals surface area contributed by atoms with Crippen LogP contribution in [0, 0.1) is 0 Å². The van der Waals surface area contributed by atoms with Gasteiger partial charge in [0.05, 0.1) is 0 Å². The highest BCUT2D eigenvalue weighted by Gasteiger charge is 2.17. The molecule has 0 radical (unpaired) electrons. The zero-order valence-corrected chi connectivity index (χ0v) is 10.2. The van der Waals surface area contributed by atoms with E-state index >= 15 is 0 Å². The number of amides is 2. The van der Waals surface area contributed by atoms with Gasteiger partial charge in [-0.3, -0.25) is 0 Å². The van der Waals surface area contributed by atoms with Gasteiger partial charge in [0.2, 0.25) is 0 Å². The van der Waals surface area contributed by atoms with Crippen LogP contribution >= 0.6 is 11.8 Å². The Morgan fingerprint density at radius 1 is 1.56 bits per heavy atom. The number of carboxylic acids is 1. The van der Waals surface area contributed by atoms with Gasteiger partial charge in [0, 0.05) is 6.54 Å². The molecule has 6 heteroatoms. The van der Waals surface area contributed by atoms with Crippen molar-refractivity contribution >= 4 is 23.8 Å². The average Bonchev–Trinajstić information content (AvgIpc) is 2.23. The quantitative estimate of drug-likeness (QED) is 0.442. The number of aliphatic carboxylic acids is 1. The Labute approximate surface area is 99.7 Å². The maximum absolute atomic E-state index is 11.3. The number of rotatable bonds is 8. The Morgan fingerprint density at radius 3 is 2.75 bits per heavy atom. The van der Waals surface area contributed by atoms with E-state index in [0.29, 0.717) is 6.54 Å². The number of thioether (sulfide) groups is 1. The lowest BCUT2D eigenvalue weighted by Gasteiger charge is -2.13. The van der Waals surface area contributed by atoms with Crippen molar-refractivity contribution in [2.75, 3.05) is 18.6 Å². The number of carbonyl (C=O) groups is 2. The fourth-order valence-corrected chi connectivity index (χ4v) is 1.45. The van der Waals surface area contributed by atoms with E-state index in [2.05, 4.69) is 17.2 Å². The van der Waals surface area contributed by atoms with E-state index in [-0.39, 0.29) is 6.42 Å². The lowest BCUT2D eigenvalue weighted by Crippen LogP contribution is -2.46. The van der Waals surface area contributed by atoms with Crippen LogP contribution in [0.15, 0.2) is 12.7 Å². The van der Waals surface area contributed by atoms with Crippen molar-refractivity contribution in [1.82, 2.24) is 10.6 Å². The van der Waals surface area contributed by atoms with Crippen LogP contribution in [0.1, 0.15) is 12.8 Å². The Kier molecular flexibility index (Phi) is 8.42. The summed E-state index contributed by atoms with van der Waals surface area (Å²) in [6, 6.07) is -1.35. The first-order valence-electron chi connectivity index (χ1n) is 4.98. The van der Waals surface area contributed by atoms with Crippen molar-refractivity contribution in [1.29, 1.82) is 0 Å². The number of nitrogens with one attached hydrogen (secondary N) is 2. The van der Waals surface area contributed by atoms with Gasteiger partial charge in [-0.1, -0.05) is 6.08 Å². The monoisotopic (exact) mass is 246 g/mol. The largest absolute Gasteiger partial charge is 0.480 e. The molecule has 0 aliphatic heterocycles. The van der Waals surface area contributed by atoms with Crippen molar-refractivity contribution in [2.24, 2.45) is 0 Å². The van der Waals surface area contributed by atoms with E-state index in [1.165, 1.54) is 6.08 Å². The topological polar surface area (TPSA) is 78.4 Å².